The molecule has 0 fully saturated rings. The van der Waals surface area contributed by atoms with Crippen LogP contribution in [0.3, 0.4) is 0 Å². The summed E-state index contributed by atoms with van der Waals surface area (Å²) < 4.78 is 94.0. The van der Waals surface area contributed by atoms with Gasteiger partial charge in [0, 0.05) is 25.3 Å². The van der Waals surface area contributed by atoms with Gasteiger partial charge in [0.05, 0.1) is 9.01 Å². The van der Waals surface area contributed by atoms with E-state index in [1.807, 2.05) is 0 Å². The van der Waals surface area contributed by atoms with Gasteiger partial charge in [-0.1, -0.05) is 17.7 Å². The molecule has 1 aromatic heterocycles. The first-order valence-electron chi connectivity index (χ1n) is 9.03. The molecule has 1 aromatic carbocycles. The second kappa shape index (κ2) is 5.88. The zero-order valence-corrected chi connectivity index (χ0v) is 14.1. The van der Waals surface area contributed by atoms with Crippen molar-refractivity contribution in [2.45, 2.75) is 42.9 Å². The second-order valence-corrected chi connectivity index (χ2v) is 7.99. The van der Waals surface area contributed by atoms with Crippen LogP contribution in [0.5, 0.6) is 0 Å². The highest BCUT2D eigenvalue weighted by atomic mass is 32.2. The first kappa shape index (κ1) is 14.4. The minimum atomic E-state index is -4.98. The van der Waals surface area contributed by atoms with Crippen molar-refractivity contribution in [3.63, 3.8) is 0 Å². The molecule has 3 rings (SSSR count). The first-order valence-corrected chi connectivity index (χ1v) is 8.97. The molecule has 1 unspecified atom stereocenters. The Morgan fingerprint density at radius 2 is 1.92 bits per heavy atom. The van der Waals surface area contributed by atoms with E-state index >= 15 is 0 Å². The van der Waals surface area contributed by atoms with Gasteiger partial charge < -0.3 is 4.74 Å². The number of hydrogen-bond donors (Lipinski definition) is 0. The number of methoxy groups -OCH3 is 1. The maximum Gasteiger partial charge on any atom is 0.417 e. The Labute approximate surface area is 148 Å². The van der Waals surface area contributed by atoms with E-state index in [2.05, 4.69) is 4.74 Å². The molecule has 4 nitrogen and oxygen atoms in total. The molecular formula is C17H18F3NO3S. The zero-order valence-electron chi connectivity index (χ0n) is 16.3. The number of ether oxygens (including phenoxy) is 1. The Hall–Kier alpha value is -1.80. The molecular weight excluding hydrogens is 355 g/mol. The van der Waals surface area contributed by atoms with Gasteiger partial charge in [0.1, 0.15) is 0 Å². The number of aromatic nitrogens is 1. The summed E-state index contributed by atoms with van der Waals surface area (Å²) in [6.07, 6.45) is -5.44. The molecule has 0 N–H and O–H groups in total. The number of rotatable bonds is 3. The molecule has 1 aliphatic rings. The zero-order chi connectivity index (χ0) is 21.0. The van der Waals surface area contributed by atoms with Crippen molar-refractivity contribution in [1.29, 1.82) is 0 Å². The van der Waals surface area contributed by atoms with Crippen molar-refractivity contribution in [1.82, 2.24) is 3.97 Å². The lowest BCUT2D eigenvalue weighted by Gasteiger charge is -2.37. The summed E-state index contributed by atoms with van der Waals surface area (Å²) in [7, 11) is -7.42. The molecule has 0 spiro atoms. The third kappa shape index (κ3) is 2.87. The fraction of sp³-hybridized carbons (Fsp3) is 0.412. The van der Waals surface area contributed by atoms with Crippen LogP contribution >= 0.6 is 0 Å². The maximum atomic E-state index is 13.8. The molecule has 8 heteroatoms. The summed E-state index contributed by atoms with van der Waals surface area (Å²) in [5, 5.41) is 0. The fourth-order valence-electron chi connectivity index (χ4n) is 3.04. The topological polar surface area (TPSA) is 48.3 Å². The van der Waals surface area contributed by atoms with Crippen molar-refractivity contribution in [2.75, 3.05) is 7.04 Å². The van der Waals surface area contributed by atoms with Crippen LogP contribution in [-0.4, -0.2) is 31.2 Å². The van der Waals surface area contributed by atoms with E-state index in [1.54, 1.807) is 19.1 Å². The molecule has 0 amide bonds. The Morgan fingerprint density at radius 3 is 2.52 bits per heavy atom. The number of aryl methyl sites for hydroxylation is 2. The van der Waals surface area contributed by atoms with Gasteiger partial charge in [-0.25, -0.2) is 12.4 Å². The predicted molar refractivity (Wildman–Crippen MR) is 86.0 cm³/mol. The number of fused-ring (bicyclic) bond motifs is 1. The van der Waals surface area contributed by atoms with Crippen LogP contribution in [0.4, 0.5) is 13.2 Å². The van der Waals surface area contributed by atoms with Gasteiger partial charge in [0.25, 0.3) is 10.0 Å². The lowest BCUT2D eigenvalue weighted by atomic mass is 9.83. The van der Waals surface area contributed by atoms with E-state index in [0.717, 1.165) is 9.54 Å². The van der Waals surface area contributed by atoms with Crippen molar-refractivity contribution < 1.29 is 30.4 Å². The van der Waals surface area contributed by atoms with Crippen LogP contribution in [0.15, 0.2) is 41.4 Å². The Balaban J connectivity index is 2.09. The van der Waals surface area contributed by atoms with Gasteiger partial charge in [0.15, 0.2) is 5.60 Å². The summed E-state index contributed by atoms with van der Waals surface area (Å²) in [6.45, 7) is 1.78. The number of nitrogens with zero attached hydrogens (tertiary/aromatic N) is 1. The standard InChI is InChI=1S/C17H18F3NO3S/c1-12-3-5-14(6-4-12)25(22,23)21-10-8-13-7-9-16(24-2,11-15(13)21)17(18,19)20/h3-6,8,10H,7,9,11H2,1-2H3/i2D3. The lowest BCUT2D eigenvalue weighted by Crippen LogP contribution is -2.51. The smallest absolute Gasteiger partial charge is 0.368 e. The van der Waals surface area contributed by atoms with Crippen molar-refractivity contribution in [3.05, 3.63) is 53.3 Å². The molecule has 25 heavy (non-hydrogen) atoms. The third-order valence-electron chi connectivity index (χ3n) is 4.59. The van der Waals surface area contributed by atoms with Gasteiger partial charge in [-0.15, -0.1) is 0 Å². The summed E-state index contributed by atoms with van der Waals surface area (Å²) >= 11 is 0. The number of halogens is 3. The normalized spacial score (nSPS) is 23.4. The van der Waals surface area contributed by atoms with E-state index in [0.29, 0.717) is 5.56 Å². The highest BCUT2D eigenvalue weighted by Gasteiger charge is 2.57. The molecule has 0 bridgehead atoms. The van der Waals surface area contributed by atoms with Crippen LogP contribution < -0.4 is 0 Å². The SMILES string of the molecule is [2H]C([2H])([2H])OC1(C(F)(F)F)CCc2ccn(S(=O)(=O)c3ccc(C)cc3)c2C1. The molecule has 0 saturated carbocycles. The summed E-state index contributed by atoms with van der Waals surface area (Å²) in [4.78, 5) is -0.0728. The molecule has 1 heterocycles. The molecule has 0 saturated heterocycles. The van der Waals surface area contributed by atoms with Crippen molar-refractivity contribution >= 4 is 10.0 Å². The lowest BCUT2D eigenvalue weighted by molar-refractivity contribution is -0.273. The highest BCUT2D eigenvalue weighted by Crippen LogP contribution is 2.43. The van der Waals surface area contributed by atoms with Crippen LogP contribution in [0.1, 0.15) is 27.4 Å². The first-order chi connectivity index (χ1) is 12.8. The van der Waals surface area contributed by atoms with Crippen LogP contribution in [0.2, 0.25) is 0 Å². The molecule has 2 aromatic rings. The minimum Gasteiger partial charge on any atom is -0.368 e. The average molecular weight is 376 g/mol. The largest absolute Gasteiger partial charge is 0.417 e. The van der Waals surface area contributed by atoms with Crippen LogP contribution in [-0.2, 0) is 27.6 Å². The minimum absolute atomic E-state index is 0.0728. The predicted octanol–water partition coefficient (Wildman–Crippen LogP) is 3.47. The average Bonchev–Trinajstić information content (AvgIpc) is 2.96. The van der Waals surface area contributed by atoms with Crippen molar-refractivity contribution in [3.8, 4) is 0 Å². The number of hydrogen-bond acceptors (Lipinski definition) is 3. The molecule has 1 aliphatic carbocycles. The van der Waals surface area contributed by atoms with Gasteiger partial charge in [-0.3, -0.25) is 0 Å². The van der Waals surface area contributed by atoms with Gasteiger partial charge in [-0.05, 0) is 43.5 Å². The van der Waals surface area contributed by atoms with E-state index in [9.17, 15) is 21.6 Å². The monoisotopic (exact) mass is 376 g/mol. The van der Waals surface area contributed by atoms with Gasteiger partial charge in [-0.2, -0.15) is 13.2 Å². The van der Waals surface area contributed by atoms with Gasteiger partial charge in [0.2, 0.25) is 0 Å². The maximum absolute atomic E-state index is 13.8. The molecule has 136 valence electrons. The fourth-order valence-corrected chi connectivity index (χ4v) is 4.44. The molecule has 0 radical (unpaired) electrons. The Kier molecular flexibility index (Phi) is 3.38. The summed E-state index contributed by atoms with van der Waals surface area (Å²) in [5.74, 6) is 0. The van der Waals surface area contributed by atoms with Gasteiger partial charge >= 0.3 is 6.18 Å². The molecule has 0 aliphatic heterocycles. The van der Waals surface area contributed by atoms with E-state index < -0.39 is 41.7 Å². The van der Waals surface area contributed by atoms with Crippen LogP contribution in [0, 0.1) is 6.92 Å². The van der Waals surface area contributed by atoms with E-state index in [4.69, 9.17) is 4.11 Å². The number of alkyl halides is 3. The van der Waals surface area contributed by atoms with E-state index in [1.165, 1.54) is 24.4 Å². The summed E-state index contributed by atoms with van der Waals surface area (Å²) in [5.41, 5.74) is -1.85. The van der Waals surface area contributed by atoms with Crippen molar-refractivity contribution in [2.24, 2.45) is 0 Å². The number of benzene rings is 1. The summed E-state index contributed by atoms with van der Waals surface area (Å²) in [6, 6.07) is 7.35. The van der Waals surface area contributed by atoms with Crippen LogP contribution in [0.25, 0.3) is 0 Å². The third-order valence-corrected chi connectivity index (χ3v) is 6.32. The Morgan fingerprint density at radius 1 is 1.24 bits per heavy atom. The Bertz CT molecular complexity index is 982. The molecule has 1 atom stereocenters. The highest BCUT2D eigenvalue weighted by molar-refractivity contribution is 7.90. The second-order valence-electron chi connectivity index (χ2n) is 6.17. The van der Waals surface area contributed by atoms with E-state index in [-0.39, 0.29) is 17.0 Å². The quantitative estimate of drug-likeness (QED) is 0.824.